The van der Waals surface area contributed by atoms with E-state index < -0.39 is 0 Å². The molecule has 0 aliphatic rings. The maximum Gasteiger partial charge on any atom is 0.255 e. The van der Waals surface area contributed by atoms with Crippen molar-refractivity contribution in [2.45, 2.75) is 6.92 Å². The van der Waals surface area contributed by atoms with Crippen molar-refractivity contribution in [3.63, 3.8) is 0 Å². The van der Waals surface area contributed by atoms with Crippen molar-refractivity contribution in [1.82, 2.24) is 5.32 Å². The Kier molecular flexibility index (Phi) is 5.85. The average molecular weight is 268 g/mol. The molecule has 1 aromatic carbocycles. The lowest BCUT2D eigenvalue weighted by molar-refractivity contribution is 0.0946. The van der Waals surface area contributed by atoms with Gasteiger partial charge in [-0.3, -0.25) is 4.79 Å². The molecule has 0 aliphatic heterocycles. The lowest BCUT2D eigenvalue weighted by atomic mass is 10.1. The van der Waals surface area contributed by atoms with E-state index in [1.165, 1.54) is 0 Å². The van der Waals surface area contributed by atoms with Crippen LogP contribution in [0.2, 0.25) is 0 Å². The predicted octanol–water partition coefficient (Wildman–Crippen LogP) is 2.01. The molecule has 0 aromatic heterocycles. The number of amides is 1. The molecule has 18 heavy (non-hydrogen) atoms. The molecule has 0 saturated heterocycles. The Morgan fingerprint density at radius 3 is 2.89 bits per heavy atom. The van der Waals surface area contributed by atoms with E-state index in [-0.39, 0.29) is 5.91 Å². The van der Waals surface area contributed by atoms with Gasteiger partial charge in [-0.1, -0.05) is 6.92 Å². The van der Waals surface area contributed by atoms with Crippen molar-refractivity contribution < 1.29 is 9.53 Å². The van der Waals surface area contributed by atoms with Gasteiger partial charge in [0.1, 0.15) is 5.75 Å². The summed E-state index contributed by atoms with van der Waals surface area (Å²) in [6.45, 7) is 2.75. The third-order valence-electron chi connectivity index (χ3n) is 2.53. The molecule has 1 amide bonds. The number of nitrogen functional groups attached to an aromatic ring is 1. The lowest BCUT2D eigenvalue weighted by Crippen LogP contribution is -2.29. The Hall–Kier alpha value is -1.36. The summed E-state index contributed by atoms with van der Waals surface area (Å²) in [6, 6.07) is 5.05. The van der Waals surface area contributed by atoms with Gasteiger partial charge in [-0.25, -0.2) is 0 Å². The molecule has 100 valence electrons. The smallest absolute Gasteiger partial charge is 0.255 e. The normalized spacial score (nSPS) is 11.9. The second-order valence-electron chi connectivity index (χ2n) is 4.23. The molecule has 0 heterocycles. The molecule has 1 aromatic rings. The Morgan fingerprint density at radius 1 is 1.56 bits per heavy atom. The molecule has 5 heteroatoms. The van der Waals surface area contributed by atoms with Crippen LogP contribution in [0.4, 0.5) is 5.69 Å². The molecule has 0 aliphatic carbocycles. The molecule has 1 unspecified atom stereocenters. The summed E-state index contributed by atoms with van der Waals surface area (Å²) in [5.41, 5.74) is 6.72. The van der Waals surface area contributed by atoms with Gasteiger partial charge < -0.3 is 15.8 Å². The number of hydrogen-bond acceptors (Lipinski definition) is 4. The zero-order valence-electron chi connectivity index (χ0n) is 11.0. The Labute approximate surface area is 112 Å². The van der Waals surface area contributed by atoms with Crippen LogP contribution in [-0.4, -0.2) is 31.6 Å². The van der Waals surface area contributed by atoms with Crippen molar-refractivity contribution in [3.8, 4) is 5.75 Å². The standard InChI is InChI=1S/C13H20N2O2S/c1-9(8-18-3)7-15-13(16)11-6-10(14)4-5-12(11)17-2/h4-6,9H,7-8,14H2,1-3H3,(H,15,16). The molecule has 0 bridgehead atoms. The first-order chi connectivity index (χ1) is 8.58. The van der Waals surface area contributed by atoms with Crippen LogP contribution < -0.4 is 15.8 Å². The fourth-order valence-electron chi connectivity index (χ4n) is 1.61. The number of hydrogen-bond donors (Lipinski definition) is 2. The van der Waals surface area contributed by atoms with Crippen molar-refractivity contribution >= 4 is 23.4 Å². The van der Waals surface area contributed by atoms with E-state index in [4.69, 9.17) is 10.5 Å². The molecule has 1 rings (SSSR count). The summed E-state index contributed by atoms with van der Waals surface area (Å²) < 4.78 is 5.16. The monoisotopic (exact) mass is 268 g/mol. The third-order valence-corrected chi connectivity index (χ3v) is 3.43. The van der Waals surface area contributed by atoms with Crippen LogP contribution >= 0.6 is 11.8 Å². The van der Waals surface area contributed by atoms with E-state index in [0.717, 1.165) is 5.75 Å². The molecule has 0 fully saturated rings. The Morgan fingerprint density at radius 2 is 2.28 bits per heavy atom. The van der Waals surface area contributed by atoms with E-state index in [2.05, 4.69) is 18.5 Å². The van der Waals surface area contributed by atoms with Gasteiger partial charge in [0.15, 0.2) is 0 Å². The zero-order valence-corrected chi connectivity index (χ0v) is 11.8. The minimum absolute atomic E-state index is 0.146. The van der Waals surface area contributed by atoms with Gasteiger partial charge in [-0.15, -0.1) is 0 Å². The molecule has 1 atom stereocenters. The Bertz CT molecular complexity index is 410. The summed E-state index contributed by atoms with van der Waals surface area (Å²) in [7, 11) is 1.54. The number of rotatable bonds is 6. The second kappa shape index (κ2) is 7.16. The first kappa shape index (κ1) is 14.7. The van der Waals surface area contributed by atoms with Crippen LogP contribution in [0.5, 0.6) is 5.75 Å². The fourth-order valence-corrected chi connectivity index (χ4v) is 2.30. The summed E-state index contributed by atoms with van der Waals surface area (Å²) in [4.78, 5) is 12.0. The van der Waals surface area contributed by atoms with Gasteiger partial charge in [-0.2, -0.15) is 11.8 Å². The van der Waals surface area contributed by atoms with Crippen LogP contribution in [-0.2, 0) is 0 Å². The fraction of sp³-hybridized carbons (Fsp3) is 0.462. The van der Waals surface area contributed by atoms with E-state index in [0.29, 0.717) is 29.5 Å². The molecule has 0 saturated carbocycles. The summed E-state index contributed by atoms with van der Waals surface area (Å²) in [6.07, 6.45) is 2.05. The average Bonchev–Trinajstić information content (AvgIpc) is 2.36. The highest BCUT2D eigenvalue weighted by Crippen LogP contribution is 2.20. The van der Waals surface area contributed by atoms with Crippen LogP contribution in [0.15, 0.2) is 18.2 Å². The molecule has 4 nitrogen and oxygen atoms in total. The van der Waals surface area contributed by atoms with Crippen molar-refractivity contribution in [2.24, 2.45) is 5.92 Å². The maximum absolute atomic E-state index is 12.0. The van der Waals surface area contributed by atoms with Gasteiger partial charge in [0.05, 0.1) is 12.7 Å². The number of nitrogens with two attached hydrogens (primary N) is 1. The summed E-state index contributed by atoms with van der Waals surface area (Å²) >= 11 is 1.77. The quantitative estimate of drug-likeness (QED) is 0.775. The van der Waals surface area contributed by atoms with Crippen molar-refractivity contribution in [1.29, 1.82) is 0 Å². The van der Waals surface area contributed by atoms with Gasteiger partial charge in [0.25, 0.3) is 5.91 Å². The predicted molar refractivity (Wildman–Crippen MR) is 77.3 cm³/mol. The number of nitrogens with one attached hydrogen (secondary N) is 1. The Balaban J connectivity index is 2.68. The van der Waals surface area contributed by atoms with Crippen LogP contribution in [0.3, 0.4) is 0 Å². The number of methoxy groups -OCH3 is 1. The zero-order chi connectivity index (χ0) is 13.5. The second-order valence-corrected chi connectivity index (χ2v) is 5.14. The largest absolute Gasteiger partial charge is 0.496 e. The van der Waals surface area contributed by atoms with Gasteiger partial charge >= 0.3 is 0 Å². The number of benzene rings is 1. The SMILES string of the molecule is COc1ccc(N)cc1C(=O)NCC(C)CSC. The van der Waals surface area contributed by atoms with Crippen LogP contribution in [0, 0.1) is 5.92 Å². The van der Waals surface area contributed by atoms with Crippen LogP contribution in [0.1, 0.15) is 17.3 Å². The van der Waals surface area contributed by atoms with E-state index in [9.17, 15) is 4.79 Å². The van der Waals surface area contributed by atoms with E-state index >= 15 is 0 Å². The molecule has 0 radical (unpaired) electrons. The van der Waals surface area contributed by atoms with Crippen LogP contribution in [0.25, 0.3) is 0 Å². The van der Waals surface area contributed by atoms with Crippen molar-refractivity contribution in [3.05, 3.63) is 23.8 Å². The molecule has 0 spiro atoms. The highest BCUT2D eigenvalue weighted by molar-refractivity contribution is 7.98. The first-order valence-corrected chi connectivity index (χ1v) is 7.18. The van der Waals surface area contributed by atoms with E-state index in [1.54, 1.807) is 37.1 Å². The number of anilines is 1. The minimum atomic E-state index is -0.146. The maximum atomic E-state index is 12.0. The van der Waals surface area contributed by atoms with Crippen molar-refractivity contribution in [2.75, 3.05) is 31.4 Å². The summed E-state index contributed by atoms with van der Waals surface area (Å²) in [5, 5.41) is 2.90. The third kappa shape index (κ3) is 4.14. The molecular weight excluding hydrogens is 248 g/mol. The number of carbonyl (C=O) groups excluding carboxylic acids is 1. The van der Waals surface area contributed by atoms with Gasteiger partial charge in [-0.05, 0) is 36.1 Å². The topological polar surface area (TPSA) is 64.3 Å². The van der Waals surface area contributed by atoms with Gasteiger partial charge in [0.2, 0.25) is 0 Å². The number of thioether (sulfide) groups is 1. The van der Waals surface area contributed by atoms with Gasteiger partial charge in [0, 0.05) is 12.2 Å². The number of carbonyl (C=O) groups is 1. The summed E-state index contributed by atoms with van der Waals surface area (Å²) in [5.74, 6) is 1.86. The van der Waals surface area contributed by atoms with E-state index in [1.807, 2.05) is 0 Å². The number of ether oxygens (including phenoxy) is 1. The minimum Gasteiger partial charge on any atom is -0.496 e. The molecular formula is C13H20N2O2S. The lowest BCUT2D eigenvalue weighted by Gasteiger charge is -2.13. The highest BCUT2D eigenvalue weighted by Gasteiger charge is 2.13. The highest BCUT2D eigenvalue weighted by atomic mass is 32.2. The first-order valence-electron chi connectivity index (χ1n) is 5.79. The molecule has 3 N–H and O–H groups in total.